The van der Waals surface area contributed by atoms with Crippen LogP contribution < -0.4 is 104 Å². The minimum atomic E-state index is -1.69. The molecule has 15 amide bonds. The molecule has 107 heavy (non-hydrogen) atoms. The van der Waals surface area contributed by atoms with Crippen LogP contribution in [0.4, 0.5) is 0 Å². The third kappa shape index (κ3) is 31.4. The van der Waals surface area contributed by atoms with Crippen molar-refractivity contribution in [1.29, 1.82) is 0 Å². The van der Waals surface area contributed by atoms with Crippen LogP contribution in [0.1, 0.15) is 161 Å². The second-order valence-electron chi connectivity index (χ2n) is 27.0. The van der Waals surface area contributed by atoms with Crippen molar-refractivity contribution in [3.63, 3.8) is 0 Å². The molecule has 3 fully saturated rings. The van der Waals surface area contributed by atoms with Gasteiger partial charge in [0.1, 0.15) is 78.5 Å². The average Bonchev–Trinajstić information content (AvgIpc) is 1.68. The van der Waals surface area contributed by atoms with E-state index in [1.54, 1.807) is 0 Å². The molecule has 3 saturated heterocycles. The molecule has 0 spiro atoms. The van der Waals surface area contributed by atoms with E-state index in [0.717, 1.165) is 0 Å². The summed E-state index contributed by atoms with van der Waals surface area (Å²) < 4.78 is 0. The van der Waals surface area contributed by atoms with Gasteiger partial charge < -0.3 is 134 Å². The van der Waals surface area contributed by atoms with Gasteiger partial charge in [-0.1, -0.05) is 0 Å². The second-order valence-corrected chi connectivity index (χ2v) is 27.0. The van der Waals surface area contributed by atoms with Gasteiger partial charge in [-0.05, 0) is 200 Å². The molecule has 13 atom stereocenters. The minimum absolute atomic E-state index is 0.00519. The van der Waals surface area contributed by atoms with Gasteiger partial charge >= 0.3 is 0 Å². The molecule has 0 aromatic carbocycles. The van der Waals surface area contributed by atoms with Crippen molar-refractivity contribution in [2.24, 2.45) is 45.9 Å². The van der Waals surface area contributed by atoms with Crippen molar-refractivity contribution in [3.05, 3.63) is 0 Å². The van der Waals surface area contributed by atoms with Crippen LogP contribution in [0.5, 0.6) is 0 Å². The Morgan fingerprint density at radius 3 is 0.981 bits per heavy atom. The Hall–Kier alpha value is -8.35. The fourth-order valence-corrected chi connectivity index (χ4v) is 12.7. The Kier molecular flexibility index (Phi) is 44.3. The van der Waals surface area contributed by atoms with Crippen molar-refractivity contribution in [1.82, 2.24) is 73.2 Å². The molecule has 3 rings (SSSR count). The van der Waals surface area contributed by atoms with E-state index in [2.05, 4.69) is 58.5 Å². The number of nitrogens with zero attached hydrogens (tertiary/aromatic N) is 3. The summed E-state index contributed by atoms with van der Waals surface area (Å²) in [5.41, 5.74) is 45.7. The molecule has 0 aliphatic carbocycles. The van der Waals surface area contributed by atoms with Gasteiger partial charge in [0.2, 0.25) is 88.6 Å². The largest absolute Gasteiger partial charge is 0.394 e. The number of carbonyl (C=O) groups is 15. The first-order valence-electron chi connectivity index (χ1n) is 37.5. The van der Waals surface area contributed by atoms with E-state index >= 15 is 0 Å². The van der Waals surface area contributed by atoms with Crippen LogP contribution >= 0.6 is 0 Å². The van der Waals surface area contributed by atoms with Crippen LogP contribution in [0.2, 0.25) is 0 Å². The van der Waals surface area contributed by atoms with E-state index in [1.165, 1.54) is 21.6 Å². The first-order chi connectivity index (χ1) is 51.2. The average molecular weight is 1520 g/mol. The van der Waals surface area contributed by atoms with Gasteiger partial charge in [0, 0.05) is 19.6 Å². The molecule has 0 unspecified atom stereocenters. The summed E-state index contributed by atoms with van der Waals surface area (Å²) in [6, 6.07) is -17.0. The van der Waals surface area contributed by atoms with Gasteiger partial charge in [0.15, 0.2) is 0 Å². The molecule has 0 aromatic heterocycles. The predicted molar refractivity (Wildman–Crippen MR) is 389 cm³/mol. The third-order valence-corrected chi connectivity index (χ3v) is 18.8. The van der Waals surface area contributed by atoms with Gasteiger partial charge in [0.05, 0.1) is 32.9 Å². The topological polar surface area (TPSA) is 667 Å². The highest BCUT2D eigenvalue weighted by atomic mass is 16.3. The fraction of sp³-hybridized carbons (Fsp3) is 0.776. The van der Waals surface area contributed by atoms with Crippen LogP contribution in [0.15, 0.2) is 0 Å². The Labute approximate surface area is 624 Å². The van der Waals surface area contributed by atoms with Crippen molar-refractivity contribution in [3.8, 4) is 0 Å². The highest BCUT2D eigenvalue weighted by Crippen LogP contribution is 2.26. The highest BCUT2D eigenvalue weighted by Gasteiger charge is 2.45. The van der Waals surface area contributed by atoms with Crippen LogP contribution in [0.25, 0.3) is 0 Å². The monoisotopic (exact) mass is 1520 g/mol. The molecule has 608 valence electrons. The number of hydrogen-bond donors (Lipinski definition) is 22. The fourth-order valence-electron chi connectivity index (χ4n) is 12.7. The van der Waals surface area contributed by atoms with Crippen molar-refractivity contribution in [2.75, 3.05) is 91.8 Å². The van der Waals surface area contributed by atoms with Crippen LogP contribution in [-0.2, 0) is 71.9 Å². The molecule has 40 heteroatoms. The lowest BCUT2D eigenvalue weighted by atomic mass is 10.0. The van der Waals surface area contributed by atoms with Crippen LogP contribution in [0.3, 0.4) is 0 Å². The van der Waals surface area contributed by atoms with Crippen molar-refractivity contribution < 1.29 is 87.2 Å². The number of nitrogens with one attached hydrogen (secondary N) is 11. The Morgan fingerprint density at radius 2 is 0.645 bits per heavy atom. The highest BCUT2D eigenvalue weighted by molar-refractivity contribution is 6.00. The Bertz CT molecular complexity index is 2900. The van der Waals surface area contributed by atoms with E-state index in [-0.39, 0.29) is 117 Å². The molecule has 0 saturated carbocycles. The summed E-state index contributed by atoms with van der Waals surface area (Å²) in [4.78, 5) is 209. The number of hydrogen-bond acceptors (Lipinski definition) is 25. The first-order valence-corrected chi connectivity index (χ1v) is 37.5. The Morgan fingerprint density at radius 1 is 0.355 bits per heavy atom. The molecule has 40 nitrogen and oxygen atoms in total. The number of likely N-dealkylation sites (tertiary alicyclic amines) is 3. The molecule has 3 heterocycles. The summed E-state index contributed by atoms with van der Waals surface area (Å²) in [6.07, 6.45) is 7.02. The lowest BCUT2D eigenvalue weighted by molar-refractivity contribution is -0.148. The summed E-state index contributed by atoms with van der Waals surface area (Å²) >= 11 is 0. The molecule has 0 radical (unpaired) electrons. The van der Waals surface area contributed by atoms with Crippen molar-refractivity contribution in [2.45, 2.75) is 240 Å². The van der Waals surface area contributed by atoms with Gasteiger partial charge in [-0.3, -0.25) is 71.9 Å². The lowest BCUT2D eigenvalue weighted by Gasteiger charge is -2.32. The zero-order chi connectivity index (χ0) is 79.5. The SMILES string of the molecule is C[C@H](NC(=O)CNC(=O)[C@H](CO)NC(=O)[C@H](CO)NC(=O)[C@@H]1CCCN1C(=O)CN)C(=O)N1CCC[C@H]1C(=O)N1CCC[C@H]1C(=O)N[C@@H](CO)C(=O)N[C@@H](CCCCN)C(=O)N[C@@H](CCCCN)C(=O)N[C@@H](CCCCN)C(=O)N[C@@H](CCCCN)C(=O)N[C@@H](CCCCN)C(=O)N[C@@H](CCCCN)C(N)=O. The van der Waals surface area contributed by atoms with E-state index in [1.807, 2.05) is 0 Å². The molecule has 30 N–H and O–H groups in total. The maximum Gasteiger partial charge on any atom is 0.246 e. The van der Waals surface area contributed by atoms with Crippen molar-refractivity contribution >= 4 is 88.6 Å². The maximum atomic E-state index is 14.5. The minimum Gasteiger partial charge on any atom is -0.394 e. The van der Waals surface area contributed by atoms with E-state index < -0.39 is 194 Å². The number of carbonyl (C=O) groups excluding carboxylic acids is 15. The zero-order valence-corrected chi connectivity index (χ0v) is 61.8. The smallest absolute Gasteiger partial charge is 0.246 e. The molecule has 3 aliphatic heterocycles. The Balaban J connectivity index is 1.74. The van der Waals surface area contributed by atoms with Crippen LogP contribution in [0, 0.1) is 0 Å². The van der Waals surface area contributed by atoms with E-state index in [0.29, 0.717) is 103 Å². The lowest BCUT2D eigenvalue weighted by Crippen LogP contribution is -2.60. The predicted octanol–water partition coefficient (Wildman–Crippen LogP) is -9.86. The van der Waals surface area contributed by atoms with Gasteiger partial charge in [-0.2, -0.15) is 0 Å². The summed E-state index contributed by atoms with van der Waals surface area (Å²) in [7, 11) is 0. The molecule has 0 bridgehead atoms. The number of rotatable bonds is 53. The normalized spacial score (nSPS) is 18.3. The van der Waals surface area contributed by atoms with Gasteiger partial charge in [-0.25, -0.2) is 0 Å². The molecule has 3 aliphatic rings. The van der Waals surface area contributed by atoms with E-state index in [4.69, 9.17) is 45.9 Å². The molecule has 0 aromatic rings. The standard InChI is InChI=1S/C67H122N22O18/c1-40(77-53(93)36-76-56(96)47(37-90)84-63(103)49(39-92)85-64(104)50-23-14-32-87(50)54(94)35-74)66(106)89-34-16-25-52(89)67(107)88-33-15-24-51(88)65(105)86-48(38-91)62(102)83-46(22-7-13-31-73)61(101)82-45(21-6-12-30-72)60(100)81-44(20-5-11-29-71)59(99)80-43(19-4-10-28-70)58(98)79-42(18-3-9-27-69)57(97)78-41(55(75)95)17-2-8-26-68/h40-52,90-92H,2-39,68-74H2,1H3,(H2,75,95)(H,76,96)(H,77,93)(H,78,97)(H,79,98)(H,80,99)(H,81,100)(H,82,101)(H,83,102)(H,84,103)(H,85,104)(H,86,105)/t40-,41-,42-,43-,44-,45-,46-,47-,48-,49-,50-,51-,52-/m0/s1. The number of unbranched alkanes of at least 4 members (excludes halogenated alkanes) is 6. The van der Waals surface area contributed by atoms with E-state index in [9.17, 15) is 87.2 Å². The van der Waals surface area contributed by atoms with Crippen LogP contribution in [-0.4, -0.2) is 289 Å². The number of amides is 15. The third-order valence-electron chi connectivity index (χ3n) is 18.8. The molecular weight excluding hydrogens is 1400 g/mol. The summed E-state index contributed by atoms with van der Waals surface area (Å²) in [5, 5.41) is 58.3. The maximum absolute atomic E-state index is 14.5. The number of primary amides is 1. The van der Waals surface area contributed by atoms with Gasteiger partial charge in [0.25, 0.3) is 0 Å². The summed E-state index contributed by atoms with van der Waals surface area (Å²) in [6.45, 7) is -0.705. The number of aliphatic hydroxyl groups is 3. The van der Waals surface area contributed by atoms with Gasteiger partial charge in [-0.15, -0.1) is 0 Å². The molecular formula is C67H122N22O18. The number of aliphatic hydroxyl groups excluding tert-OH is 3. The zero-order valence-electron chi connectivity index (χ0n) is 61.8. The quantitative estimate of drug-likeness (QED) is 0.0252. The second kappa shape index (κ2) is 51.1. The summed E-state index contributed by atoms with van der Waals surface area (Å²) in [5.74, 6) is -12.1. The first kappa shape index (κ1) is 92.9. The number of nitrogens with two attached hydrogens (primary N) is 8.